The van der Waals surface area contributed by atoms with Crippen molar-refractivity contribution >= 4 is 17.7 Å². The third kappa shape index (κ3) is 8.45. The zero-order valence-corrected chi connectivity index (χ0v) is 23.8. The molecule has 0 atom stereocenters. The van der Waals surface area contributed by atoms with Gasteiger partial charge in [-0.25, -0.2) is 9.37 Å². The average Bonchev–Trinajstić information content (AvgIpc) is 2.95. The number of nitrogens with zero attached hydrogens (tertiary/aromatic N) is 3. The second kappa shape index (κ2) is 13.5. The van der Waals surface area contributed by atoms with E-state index in [-0.39, 0.29) is 30.7 Å². The van der Waals surface area contributed by atoms with Gasteiger partial charge in [-0.05, 0) is 75.2 Å². The van der Waals surface area contributed by atoms with Crippen LogP contribution in [-0.4, -0.2) is 34.0 Å². The van der Waals surface area contributed by atoms with Gasteiger partial charge in [0.15, 0.2) is 0 Å². The molecular formula is C33H32FN5O3. The Hall–Kier alpha value is -5.10. The predicted molar refractivity (Wildman–Crippen MR) is 158 cm³/mol. The molecule has 1 amide bonds. The van der Waals surface area contributed by atoms with Gasteiger partial charge in [-0.1, -0.05) is 36.4 Å². The molecule has 4 rings (SSSR count). The van der Waals surface area contributed by atoms with Crippen LogP contribution in [-0.2, 0) is 28.9 Å². The van der Waals surface area contributed by atoms with Crippen molar-refractivity contribution in [1.82, 2.24) is 15.3 Å². The van der Waals surface area contributed by atoms with Gasteiger partial charge in [0.25, 0.3) is 5.91 Å². The molecular weight excluding hydrogens is 533 g/mol. The minimum Gasteiger partial charge on any atom is -0.460 e. The first-order valence-electron chi connectivity index (χ1n) is 13.5. The van der Waals surface area contributed by atoms with E-state index in [1.54, 1.807) is 75.4 Å². The maximum Gasteiger partial charge on any atom is 0.312 e. The summed E-state index contributed by atoms with van der Waals surface area (Å²) in [7, 11) is 0. The van der Waals surface area contributed by atoms with Gasteiger partial charge >= 0.3 is 5.97 Å². The van der Waals surface area contributed by atoms with Crippen LogP contribution in [0.1, 0.15) is 53.6 Å². The molecule has 9 heteroatoms. The highest BCUT2D eigenvalue weighted by Crippen LogP contribution is 2.25. The van der Waals surface area contributed by atoms with Crippen LogP contribution in [0.25, 0.3) is 11.3 Å². The van der Waals surface area contributed by atoms with Crippen LogP contribution < -0.4 is 10.6 Å². The maximum atomic E-state index is 13.6. The fourth-order valence-corrected chi connectivity index (χ4v) is 4.27. The van der Waals surface area contributed by atoms with Gasteiger partial charge in [-0.2, -0.15) is 5.26 Å². The minimum atomic E-state index is -0.591. The summed E-state index contributed by atoms with van der Waals surface area (Å²) >= 11 is 0. The van der Waals surface area contributed by atoms with Gasteiger partial charge in [0, 0.05) is 12.1 Å². The Morgan fingerprint density at radius 2 is 1.71 bits per heavy atom. The highest BCUT2D eigenvalue weighted by Gasteiger charge is 2.18. The number of ether oxygens (including phenoxy) is 1. The Kier molecular flexibility index (Phi) is 9.61. The van der Waals surface area contributed by atoms with Crippen molar-refractivity contribution < 1.29 is 18.7 Å². The Bertz CT molecular complexity index is 1620. The fraction of sp³-hybridized carbons (Fsp3) is 0.242. The number of amides is 1. The number of carbonyl (C=O) groups excluding carboxylic acids is 2. The van der Waals surface area contributed by atoms with Gasteiger partial charge in [0.1, 0.15) is 17.2 Å². The molecule has 0 fully saturated rings. The lowest BCUT2D eigenvalue weighted by atomic mass is 10.0. The number of rotatable bonds is 10. The molecule has 42 heavy (non-hydrogen) atoms. The number of pyridine rings is 2. The molecule has 0 spiro atoms. The molecule has 0 saturated heterocycles. The summed E-state index contributed by atoms with van der Waals surface area (Å²) in [4.78, 5) is 34.7. The first-order chi connectivity index (χ1) is 20.1. The molecule has 0 radical (unpaired) electrons. The van der Waals surface area contributed by atoms with Gasteiger partial charge in [0.05, 0.1) is 47.2 Å². The van der Waals surface area contributed by atoms with Crippen LogP contribution in [0.4, 0.5) is 10.2 Å². The van der Waals surface area contributed by atoms with E-state index in [4.69, 9.17) is 4.74 Å². The molecule has 214 valence electrons. The number of anilines is 1. The predicted octanol–water partition coefficient (Wildman–Crippen LogP) is 5.62. The Labute approximate surface area is 244 Å². The SMILES string of the molecule is CC(C)(C)OC(=O)Cc1cccc(CNC(=O)c2ccc(-c3ccccc3C#N)nc2NCCc2cccc(F)c2)n1. The topological polar surface area (TPSA) is 117 Å². The third-order valence-electron chi connectivity index (χ3n) is 6.10. The molecule has 0 saturated carbocycles. The lowest BCUT2D eigenvalue weighted by Crippen LogP contribution is -2.26. The van der Waals surface area contributed by atoms with E-state index >= 15 is 0 Å². The number of esters is 1. The van der Waals surface area contributed by atoms with E-state index in [2.05, 4.69) is 26.7 Å². The van der Waals surface area contributed by atoms with E-state index in [9.17, 15) is 19.2 Å². The Morgan fingerprint density at radius 1 is 0.952 bits per heavy atom. The highest BCUT2D eigenvalue weighted by molar-refractivity contribution is 5.99. The molecule has 2 aromatic heterocycles. The van der Waals surface area contributed by atoms with Crippen LogP contribution in [0, 0.1) is 17.1 Å². The molecule has 0 aliphatic rings. The van der Waals surface area contributed by atoms with Crippen LogP contribution in [0.2, 0.25) is 0 Å². The number of carbonyl (C=O) groups is 2. The number of nitrogens with one attached hydrogen (secondary N) is 2. The summed E-state index contributed by atoms with van der Waals surface area (Å²) < 4.78 is 19.0. The van der Waals surface area contributed by atoms with Crippen molar-refractivity contribution in [2.45, 2.75) is 45.8 Å². The lowest BCUT2D eigenvalue weighted by molar-refractivity contribution is -0.154. The molecule has 8 nitrogen and oxygen atoms in total. The fourth-order valence-electron chi connectivity index (χ4n) is 4.27. The van der Waals surface area contributed by atoms with Crippen molar-refractivity contribution in [3.05, 3.63) is 113 Å². The largest absolute Gasteiger partial charge is 0.460 e. The number of hydrogen-bond acceptors (Lipinski definition) is 7. The smallest absolute Gasteiger partial charge is 0.312 e. The zero-order valence-electron chi connectivity index (χ0n) is 23.8. The molecule has 2 N–H and O–H groups in total. The molecule has 0 unspecified atom stereocenters. The number of benzene rings is 2. The van der Waals surface area contributed by atoms with E-state index < -0.39 is 5.60 Å². The number of halogens is 1. The Balaban J connectivity index is 1.51. The van der Waals surface area contributed by atoms with Crippen molar-refractivity contribution in [2.24, 2.45) is 0 Å². The highest BCUT2D eigenvalue weighted by atomic mass is 19.1. The molecule has 2 heterocycles. The summed E-state index contributed by atoms with van der Waals surface area (Å²) in [5, 5.41) is 15.6. The van der Waals surface area contributed by atoms with Crippen LogP contribution in [0.5, 0.6) is 0 Å². The minimum absolute atomic E-state index is 0.0218. The first-order valence-corrected chi connectivity index (χ1v) is 13.5. The van der Waals surface area contributed by atoms with Gasteiger partial charge in [0.2, 0.25) is 0 Å². The summed E-state index contributed by atoms with van der Waals surface area (Å²) in [5.41, 5.74) is 3.28. The second-order valence-electron chi connectivity index (χ2n) is 10.6. The van der Waals surface area contributed by atoms with Crippen molar-refractivity contribution in [1.29, 1.82) is 5.26 Å². The van der Waals surface area contributed by atoms with Crippen molar-refractivity contribution in [2.75, 3.05) is 11.9 Å². The summed E-state index contributed by atoms with van der Waals surface area (Å²) in [6.45, 7) is 5.94. The molecule has 0 bridgehead atoms. The zero-order chi connectivity index (χ0) is 30.1. The summed E-state index contributed by atoms with van der Waals surface area (Å²) in [6, 6.07) is 24.2. The van der Waals surface area contributed by atoms with Gasteiger partial charge in [-0.3, -0.25) is 14.6 Å². The average molecular weight is 566 g/mol. The van der Waals surface area contributed by atoms with Gasteiger partial charge < -0.3 is 15.4 Å². The molecule has 0 aliphatic heterocycles. The van der Waals surface area contributed by atoms with Crippen LogP contribution in [0.15, 0.2) is 78.9 Å². The number of aromatic nitrogens is 2. The monoisotopic (exact) mass is 565 g/mol. The lowest BCUT2D eigenvalue weighted by Gasteiger charge is -2.19. The molecule has 4 aromatic rings. The van der Waals surface area contributed by atoms with E-state index in [0.29, 0.717) is 52.6 Å². The van der Waals surface area contributed by atoms with Crippen molar-refractivity contribution in [3.8, 4) is 17.3 Å². The Morgan fingerprint density at radius 3 is 2.48 bits per heavy atom. The quantitative estimate of drug-likeness (QED) is 0.240. The van der Waals surface area contributed by atoms with Crippen LogP contribution in [0.3, 0.4) is 0 Å². The third-order valence-corrected chi connectivity index (χ3v) is 6.10. The number of hydrogen-bond donors (Lipinski definition) is 2. The van der Waals surface area contributed by atoms with E-state index in [1.165, 1.54) is 12.1 Å². The van der Waals surface area contributed by atoms with Crippen molar-refractivity contribution in [3.63, 3.8) is 0 Å². The standard InChI is InChI=1S/C33H32FN5O3/c1-33(2,3)42-30(40)19-25-11-7-12-26(38-25)21-37-32(41)28-14-15-29(27-13-5-4-9-23(27)20-35)39-31(28)36-17-16-22-8-6-10-24(34)18-22/h4-15,18H,16-17,19,21H2,1-3H3,(H,36,39)(H,37,41). The first kappa shape index (κ1) is 29.9. The number of nitriles is 1. The summed E-state index contributed by atoms with van der Waals surface area (Å²) in [6.07, 6.45) is 0.530. The van der Waals surface area contributed by atoms with E-state index in [0.717, 1.165) is 5.56 Å². The van der Waals surface area contributed by atoms with Crippen LogP contribution >= 0.6 is 0 Å². The second-order valence-corrected chi connectivity index (χ2v) is 10.6. The normalized spacial score (nSPS) is 10.9. The summed E-state index contributed by atoms with van der Waals surface area (Å²) in [5.74, 6) is -0.741. The maximum absolute atomic E-state index is 13.6. The molecule has 2 aromatic carbocycles. The van der Waals surface area contributed by atoms with E-state index in [1.807, 2.05) is 12.1 Å². The molecule has 0 aliphatic carbocycles. The van der Waals surface area contributed by atoms with Gasteiger partial charge in [-0.15, -0.1) is 0 Å².